The van der Waals surface area contributed by atoms with Crippen LogP contribution >= 0.6 is 11.8 Å². The Morgan fingerprint density at radius 3 is 2.95 bits per heavy atom. The highest BCUT2D eigenvalue weighted by molar-refractivity contribution is 8.00. The molecule has 1 aliphatic heterocycles. The molecule has 3 heteroatoms. The van der Waals surface area contributed by atoms with Crippen molar-refractivity contribution in [3.8, 4) is 0 Å². The number of rotatable bonds is 5. The highest BCUT2D eigenvalue weighted by Crippen LogP contribution is 2.28. The Balaban J connectivity index is 2.17. The summed E-state index contributed by atoms with van der Waals surface area (Å²) in [5.74, 6) is 1.26. The van der Waals surface area contributed by atoms with E-state index in [-0.39, 0.29) is 0 Å². The molecule has 0 aromatic heterocycles. The second-order valence-electron chi connectivity index (χ2n) is 5.26. The fraction of sp³-hybridized carbons (Fsp3) is 0.625. The Hall–Kier alpha value is -0.670. The van der Waals surface area contributed by atoms with Gasteiger partial charge in [-0.3, -0.25) is 0 Å². The van der Waals surface area contributed by atoms with E-state index in [1.165, 1.54) is 42.1 Å². The third-order valence-electron chi connectivity index (χ3n) is 3.74. The van der Waals surface area contributed by atoms with Gasteiger partial charge >= 0.3 is 0 Å². The summed E-state index contributed by atoms with van der Waals surface area (Å²) in [5.41, 5.74) is 4.24. The maximum absolute atomic E-state index is 3.46. The molecule has 1 atom stereocenters. The van der Waals surface area contributed by atoms with Crippen LogP contribution in [0.15, 0.2) is 18.2 Å². The molecule has 0 spiro atoms. The highest BCUT2D eigenvalue weighted by atomic mass is 32.2. The van der Waals surface area contributed by atoms with Crippen molar-refractivity contribution in [3.63, 3.8) is 0 Å². The standard InChI is InChI=1S/C16H26N2S/c1-4-15-12-18(8-9-19-15)16-7-6-13(3)10-14(16)11-17-5-2/h6-7,10,15,17H,4-5,8-9,11-12H2,1-3H3. The van der Waals surface area contributed by atoms with Gasteiger partial charge in [0.1, 0.15) is 0 Å². The summed E-state index contributed by atoms with van der Waals surface area (Å²) < 4.78 is 0. The molecule has 2 rings (SSSR count). The molecule has 1 N–H and O–H groups in total. The van der Waals surface area contributed by atoms with E-state index >= 15 is 0 Å². The first kappa shape index (κ1) is 14.7. The summed E-state index contributed by atoms with van der Waals surface area (Å²) in [6.45, 7) is 11.0. The van der Waals surface area contributed by atoms with Crippen LogP contribution in [-0.2, 0) is 6.54 Å². The monoisotopic (exact) mass is 278 g/mol. The SMILES string of the molecule is CCNCc1cc(C)ccc1N1CCSC(CC)C1. The van der Waals surface area contributed by atoms with Crippen LogP contribution in [0.25, 0.3) is 0 Å². The van der Waals surface area contributed by atoms with Crippen molar-refractivity contribution in [1.82, 2.24) is 5.32 Å². The first-order chi connectivity index (χ1) is 9.24. The van der Waals surface area contributed by atoms with Crippen LogP contribution in [-0.4, -0.2) is 30.6 Å². The Morgan fingerprint density at radius 1 is 1.37 bits per heavy atom. The van der Waals surface area contributed by atoms with Crippen molar-refractivity contribution in [1.29, 1.82) is 0 Å². The van der Waals surface area contributed by atoms with Gasteiger partial charge < -0.3 is 10.2 Å². The number of nitrogens with one attached hydrogen (secondary N) is 1. The van der Waals surface area contributed by atoms with E-state index in [0.717, 1.165) is 18.3 Å². The Labute approximate surface area is 122 Å². The summed E-state index contributed by atoms with van der Waals surface area (Å²) in [7, 11) is 0. The van der Waals surface area contributed by atoms with Crippen LogP contribution in [0.3, 0.4) is 0 Å². The van der Waals surface area contributed by atoms with Gasteiger partial charge in [0.2, 0.25) is 0 Å². The summed E-state index contributed by atoms with van der Waals surface area (Å²) in [6.07, 6.45) is 1.27. The summed E-state index contributed by atoms with van der Waals surface area (Å²) in [4.78, 5) is 2.58. The summed E-state index contributed by atoms with van der Waals surface area (Å²) in [6, 6.07) is 6.89. The van der Waals surface area contributed by atoms with E-state index in [0.29, 0.717) is 0 Å². The molecule has 0 aliphatic carbocycles. The molecule has 106 valence electrons. The van der Waals surface area contributed by atoms with E-state index in [2.05, 4.69) is 60.9 Å². The minimum atomic E-state index is 0.794. The molecule has 1 aliphatic rings. The fourth-order valence-electron chi connectivity index (χ4n) is 2.61. The molecular formula is C16H26N2S. The fourth-order valence-corrected chi connectivity index (χ4v) is 3.79. The van der Waals surface area contributed by atoms with Crippen LogP contribution in [0.5, 0.6) is 0 Å². The van der Waals surface area contributed by atoms with E-state index < -0.39 is 0 Å². The molecule has 1 fully saturated rings. The summed E-state index contributed by atoms with van der Waals surface area (Å²) in [5, 5.41) is 4.26. The number of aryl methyl sites for hydroxylation is 1. The van der Waals surface area contributed by atoms with Crippen LogP contribution in [0.2, 0.25) is 0 Å². The maximum Gasteiger partial charge on any atom is 0.0412 e. The second-order valence-corrected chi connectivity index (χ2v) is 6.67. The molecule has 0 amide bonds. The van der Waals surface area contributed by atoms with Gasteiger partial charge in [0.15, 0.2) is 0 Å². The largest absolute Gasteiger partial charge is 0.369 e. The van der Waals surface area contributed by atoms with Crippen molar-refractivity contribution in [2.75, 3.05) is 30.3 Å². The zero-order valence-corrected chi connectivity index (χ0v) is 13.2. The Morgan fingerprint density at radius 2 is 2.21 bits per heavy atom. The third kappa shape index (κ3) is 3.90. The molecule has 1 saturated heterocycles. The Bertz CT molecular complexity index is 406. The molecule has 0 saturated carbocycles. The molecule has 1 unspecified atom stereocenters. The molecule has 0 bridgehead atoms. The normalized spacial score (nSPS) is 19.7. The van der Waals surface area contributed by atoms with Gasteiger partial charge in [-0.05, 0) is 31.5 Å². The zero-order valence-electron chi connectivity index (χ0n) is 12.4. The van der Waals surface area contributed by atoms with Gasteiger partial charge in [0.25, 0.3) is 0 Å². The van der Waals surface area contributed by atoms with E-state index in [9.17, 15) is 0 Å². The number of thioether (sulfide) groups is 1. The topological polar surface area (TPSA) is 15.3 Å². The third-order valence-corrected chi connectivity index (χ3v) is 5.11. The van der Waals surface area contributed by atoms with E-state index in [1.807, 2.05) is 0 Å². The van der Waals surface area contributed by atoms with Crippen LogP contribution in [0.1, 0.15) is 31.4 Å². The minimum absolute atomic E-state index is 0.794. The predicted octanol–water partition coefficient (Wildman–Crippen LogP) is 3.44. The van der Waals surface area contributed by atoms with Crippen molar-refractivity contribution in [2.24, 2.45) is 0 Å². The predicted molar refractivity (Wildman–Crippen MR) is 87.3 cm³/mol. The molecule has 1 aromatic rings. The minimum Gasteiger partial charge on any atom is -0.369 e. The van der Waals surface area contributed by atoms with Crippen molar-refractivity contribution in [3.05, 3.63) is 29.3 Å². The van der Waals surface area contributed by atoms with Crippen molar-refractivity contribution >= 4 is 17.4 Å². The van der Waals surface area contributed by atoms with E-state index in [4.69, 9.17) is 0 Å². The molecule has 2 nitrogen and oxygen atoms in total. The zero-order chi connectivity index (χ0) is 13.7. The van der Waals surface area contributed by atoms with E-state index in [1.54, 1.807) is 0 Å². The summed E-state index contributed by atoms with van der Waals surface area (Å²) >= 11 is 2.13. The number of nitrogens with zero attached hydrogens (tertiary/aromatic N) is 1. The smallest absolute Gasteiger partial charge is 0.0412 e. The van der Waals surface area contributed by atoms with Gasteiger partial charge in [0, 0.05) is 36.3 Å². The van der Waals surface area contributed by atoms with Crippen LogP contribution < -0.4 is 10.2 Å². The van der Waals surface area contributed by atoms with Gasteiger partial charge in [-0.2, -0.15) is 11.8 Å². The van der Waals surface area contributed by atoms with Gasteiger partial charge in [-0.1, -0.05) is 31.5 Å². The van der Waals surface area contributed by atoms with Crippen molar-refractivity contribution in [2.45, 2.75) is 39.0 Å². The Kier molecular flexibility index (Phi) is 5.59. The first-order valence-corrected chi connectivity index (χ1v) is 8.46. The molecule has 19 heavy (non-hydrogen) atoms. The molecule has 0 radical (unpaired) electrons. The lowest BCUT2D eigenvalue weighted by Gasteiger charge is -2.35. The second kappa shape index (κ2) is 7.20. The van der Waals surface area contributed by atoms with Gasteiger partial charge in [0.05, 0.1) is 0 Å². The molecular weight excluding hydrogens is 252 g/mol. The number of hydrogen-bond acceptors (Lipinski definition) is 3. The van der Waals surface area contributed by atoms with Crippen LogP contribution in [0, 0.1) is 6.92 Å². The number of hydrogen-bond donors (Lipinski definition) is 1. The molecule has 1 aromatic carbocycles. The number of benzene rings is 1. The lowest BCUT2D eigenvalue weighted by molar-refractivity contribution is 0.702. The van der Waals surface area contributed by atoms with Gasteiger partial charge in [-0.15, -0.1) is 0 Å². The average molecular weight is 278 g/mol. The maximum atomic E-state index is 3.46. The lowest BCUT2D eigenvalue weighted by Crippen LogP contribution is -2.38. The number of anilines is 1. The quantitative estimate of drug-likeness (QED) is 0.888. The molecule has 1 heterocycles. The lowest BCUT2D eigenvalue weighted by atomic mass is 10.1. The first-order valence-electron chi connectivity index (χ1n) is 7.41. The van der Waals surface area contributed by atoms with Crippen molar-refractivity contribution < 1.29 is 0 Å². The van der Waals surface area contributed by atoms with Gasteiger partial charge in [-0.25, -0.2) is 0 Å². The average Bonchev–Trinajstić information content (AvgIpc) is 2.45. The van der Waals surface area contributed by atoms with Crippen LogP contribution in [0.4, 0.5) is 5.69 Å². The highest BCUT2D eigenvalue weighted by Gasteiger charge is 2.20.